The minimum atomic E-state index is -0.251. The van der Waals surface area contributed by atoms with Crippen LogP contribution in [0.25, 0.3) is 0 Å². The van der Waals surface area contributed by atoms with Crippen LogP contribution in [0.3, 0.4) is 0 Å². The zero-order chi connectivity index (χ0) is 13.0. The predicted molar refractivity (Wildman–Crippen MR) is 73.2 cm³/mol. The second-order valence-corrected chi connectivity index (χ2v) is 5.36. The zero-order valence-corrected chi connectivity index (χ0v) is 11.4. The molecule has 1 fully saturated rings. The van der Waals surface area contributed by atoms with E-state index in [1.54, 1.807) is 0 Å². The van der Waals surface area contributed by atoms with Crippen molar-refractivity contribution in [1.82, 2.24) is 4.90 Å². The molecule has 0 amide bonds. The number of likely N-dealkylation sites (tertiary alicyclic amines) is 1. The maximum Gasteiger partial charge on any atom is 0.119 e. The number of nitrogens with zero attached hydrogens (tertiary/aromatic N) is 1. The van der Waals surface area contributed by atoms with E-state index in [2.05, 4.69) is 4.90 Å². The Morgan fingerprint density at radius 3 is 2.50 bits per heavy atom. The van der Waals surface area contributed by atoms with Gasteiger partial charge in [0.05, 0.1) is 6.10 Å². The maximum atomic E-state index is 9.35. The lowest BCUT2D eigenvalue weighted by Crippen LogP contribution is -2.41. The van der Waals surface area contributed by atoms with Crippen LogP contribution in [0.1, 0.15) is 19.8 Å². The summed E-state index contributed by atoms with van der Waals surface area (Å²) in [5, 5.41) is 10.1. The third-order valence-electron chi connectivity index (χ3n) is 3.17. The molecule has 100 valence electrons. The van der Waals surface area contributed by atoms with Gasteiger partial charge < -0.3 is 14.7 Å². The normalized spacial score (nSPS) is 19.7. The Balaban J connectivity index is 1.78. The van der Waals surface area contributed by atoms with E-state index in [0.717, 1.165) is 43.2 Å². The summed E-state index contributed by atoms with van der Waals surface area (Å²) in [5.74, 6) is 0.883. The Kier molecular flexibility index (Phi) is 4.87. The van der Waals surface area contributed by atoms with Gasteiger partial charge in [0, 0.05) is 24.7 Å². The van der Waals surface area contributed by atoms with Gasteiger partial charge in [0.1, 0.15) is 11.9 Å². The van der Waals surface area contributed by atoms with Gasteiger partial charge in [0.2, 0.25) is 0 Å². The second kappa shape index (κ2) is 6.41. The monoisotopic (exact) mass is 269 g/mol. The summed E-state index contributed by atoms with van der Waals surface area (Å²) in [7, 11) is 0. The summed E-state index contributed by atoms with van der Waals surface area (Å²) in [6.07, 6.45) is 2.04. The standard InChI is InChI=1S/C14H20ClNO2/c1-11(17)10-16-8-6-14(7-9-16)18-13-4-2-12(15)3-5-13/h2-5,11,14,17H,6-10H2,1H3. The van der Waals surface area contributed by atoms with Crippen molar-refractivity contribution in [2.45, 2.75) is 32.0 Å². The molecule has 0 aliphatic carbocycles. The molecule has 3 nitrogen and oxygen atoms in total. The highest BCUT2D eigenvalue weighted by Crippen LogP contribution is 2.21. The molecule has 1 aromatic carbocycles. The molecule has 1 aromatic rings. The fourth-order valence-electron chi connectivity index (χ4n) is 2.29. The molecule has 18 heavy (non-hydrogen) atoms. The average molecular weight is 270 g/mol. The van der Waals surface area contributed by atoms with Crippen LogP contribution >= 0.6 is 11.6 Å². The van der Waals surface area contributed by atoms with Crippen molar-refractivity contribution < 1.29 is 9.84 Å². The van der Waals surface area contributed by atoms with Crippen LogP contribution in [0.4, 0.5) is 0 Å². The van der Waals surface area contributed by atoms with Gasteiger partial charge in [-0.15, -0.1) is 0 Å². The number of rotatable bonds is 4. The highest BCUT2D eigenvalue weighted by Gasteiger charge is 2.21. The van der Waals surface area contributed by atoms with Crippen molar-refractivity contribution in [3.05, 3.63) is 29.3 Å². The number of halogens is 1. The van der Waals surface area contributed by atoms with Gasteiger partial charge in [0.15, 0.2) is 0 Å². The number of aliphatic hydroxyl groups excluding tert-OH is 1. The quantitative estimate of drug-likeness (QED) is 0.912. The largest absolute Gasteiger partial charge is 0.490 e. The van der Waals surface area contributed by atoms with Crippen LogP contribution in [-0.2, 0) is 0 Å². The first-order valence-corrected chi connectivity index (χ1v) is 6.84. The number of piperidine rings is 1. The average Bonchev–Trinajstić information content (AvgIpc) is 2.34. The fourth-order valence-corrected chi connectivity index (χ4v) is 2.41. The lowest BCUT2D eigenvalue weighted by molar-refractivity contribution is 0.0673. The number of ether oxygens (including phenoxy) is 1. The van der Waals surface area contributed by atoms with Gasteiger partial charge in [-0.1, -0.05) is 11.6 Å². The first kappa shape index (κ1) is 13.7. The smallest absolute Gasteiger partial charge is 0.119 e. The molecule has 4 heteroatoms. The first-order valence-electron chi connectivity index (χ1n) is 6.46. The topological polar surface area (TPSA) is 32.7 Å². The third kappa shape index (κ3) is 4.16. The molecule has 0 bridgehead atoms. The van der Waals surface area contributed by atoms with Crippen molar-refractivity contribution in [3.63, 3.8) is 0 Å². The van der Waals surface area contributed by atoms with E-state index in [4.69, 9.17) is 16.3 Å². The van der Waals surface area contributed by atoms with E-state index in [0.29, 0.717) is 0 Å². The van der Waals surface area contributed by atoms with E-state index in [1.807, 2.05) is 31.2 Å². The molecule has 1 aliphatic rings. The molecule has 1 unspecified atom stereocenters. The van der Waals surface area contributed by atoms with E-state index >= 15 is 0 Å². The van der Waals surface area contributed by atoms with Gasteiger partial charge >= 0.3 is 0 Å². The molecular weight excluding hydrogens is 250 g/mol. The van der Waals surface area contributed by atoms with Crippen molar-refractivity contribution >= 4 is 11.6 Å². The van der Waals surface area contributed by atoms with Crippen molar-refractivity contribution in [3.8, 4) is 5.75 Å². The zero-order valence-electron chi connectivity index (χ0n) is 10.7. The van der Waals surface area contributed by atoms with Crippen molar-refractivity contribution in [1.29, 1.82) is 0 Å². The molecule has 0 radical (unpaired) electrons. The van der Waals surface area contributed by atoms with E-state index in [9.17, 15) is 5.11 Å². The van der Waals surface area contributed by atoms with Crippen LogP contribution in [0.2, 0.25) is 5.02 Å². The molecule has 2 rings (SSSR count). The third-order valence-corrected chi connectivity index (χ3v) is 3.43. The Labute approximate surface area is 113 Å². The second-order valence-electron chi connectivity index (χ2n) is 4.92. The molecule has 1 saturated heterocycles. The Morgan fingerprint density at radius 1 is 1.33 bits per heavy atom. The number of β-amino-alcohol motifs (C(OH)–C–C–N with tert-alkyl or cyclic N) is 1. The summed E-state index contributed by atoms with van der Waals surface area (Å²) in [4.78, 5) is 2.28. The molecule has 1 aliphatic heterocycles. The van der Waals surface area contributed by atoms with Crippen LogP contribution < -0.4 is 4.74 Å². The van der Waals surface area contributed by atoms with E-state index < -0.39 is 0 Å². The number of aliphatic hydroxyl groups is 1. The SMILES string of the molecule is CC(O)CN1CCC(Oc2ccc(Cl)cc2)CC1. The van der Waals surface area contributed by atoms with Crippen molar-refractivity contribution in [2.24, 2.45) is 0 Å². The molecule has 0 saturated carbocycles. The highest BCUT2D eigenvalue weighted by molar-refractivity contribution is 6.30. The summed E-state index contributed by atoms with van der Waals surface area (Å²) in [5.41, 5.74) is 0. The minimum Gasteiger partial charge on any atom is -0.490 e. The van der Waals surface area contributed by atoms with Crippen molar-refractivity contribution in [2.75, 3.05) is 19.6 Å². The van der Waals surface area contributed by atoms with Gasteiger partial charge in [-0.05, 0) is 44.0 Å². The summed E-state index contributed by atoms with van der Waals surface area (Å²) >= 11 is 5.84. The number of benzene rings is 1. The highest BCUT2D eigenvalue weighted by atomic mass is 35.5. The van der Waals surface area contributed by atoms with E-state index in [-0.39, 0.29) is 12.2 Å². The molecule has 0 aromatic heterocycles. The predicted octanol–water partition coefficient (Wildman–Crippen LogP) is 2.56. The van der Waals surface area contributed by atoms with Crippen LogP contribution in [0.5, 0.6) is 5.75 Å². The minimum absolute atomic E-state index is 0.251. The Bertz CT molecular complexity index is 359. The van der Waals surface area contributed by atoms with E-state index in [1.165, 1.54) is 0 Å². The Morgan fingerprint density at radius 2 is 1.94 bits per heavy atom. The van der Waals surface area contributed by atoms with Crippen LogP contribution in [0, 0.1) is 0 Å². The van der Waals surface area contributed by atoms with Crippen LogP contribution in [-0.4, -0.2) is 41.8 Å². The van der Waals surface area contributed by atoms with Gasteiger partial charge in [-0.2, -0.15) is 0 Å². The van der Waals surface area contributed by atoms with Gasteiger partial charge in [-0.25, -0.2) is 0 Å². The molecule has 1 N–H and O–H groups in total. The molecule has 0 spiro atoms. The van der Waals surface area contributed by atoms with Gasteiger partial charge in [-0.3, -0.25) is 0 Å². The lowest BCUT2D eigenvalue weighted by atomic mass is 10.1. The summed E-state index contributed by atoms with van der Waals surface area (Å²) < 4.78 is 5.92. The lowest BCUT2D eigenvalue weighted by Gasteiger charge is -2.32. The van der Waals surface area contributed by atoms with Crippen LogP contribution in [0.15, 0.2) is 24.3 Å². The van der Waals surface area contributed by atoms with Gasteiger partial charge in [0.25, 0.3) is 0 Å². The maximum absolute atomic E-state index is 9.35. The summed E-state index contributed by atoms with van der Waals surface area (Å²) in [6.45, 7) is 4.57. The molecular formula is C14H20ClNO2. The molecule has 1 heterocycles. The summed E-state index contributed by atoms with van der Waals surface area (Å²) in [6, 6.07) is 7.51. The number of hydrogen-bond acceptors (Lipinski definition) is 3. The number of hydrogen-bond donors (Lipinski definition) is 1. The fraction of sp³-hybridized carbons (Fsp3) is 0.571. The molecule has 1 atom stereocenters. The first-order chi connectivity index (χ1) is 8.63. The Hall–Kier alpha value is -0.770.